The highest BCUT2D eigenvalue weighted by atomic mass is 31.2. The number of hydrogen-bond acceptors (Lipinski definition) is 4. The van der Waals surface area contributed by atoms with Crippen molar-refractivity contribution in [2.75, 3.05) is 12.8 Å². The molecular weight excluding hydrogens is 175 g/mol. The topological polar surface area (TPSA) is 146 Å². The van der Waals surface area contributed by atoms with E-state index < -0.39 is 26.4 Å². The van der Waals surface area contributed by atoms with E-state index in [0.29, 0.717) is 0 Å². The van der Waals surface area contributed by atoms with E-state index in [4.69, 9.17) is 9.79 Å². The number of hydrogen-bond donors (Lipinski definition) is 4. The molecule has 0 heterocycles. The Morgan fingerprint density at radius 1 is 1.55 bits per heavy atom. The molecule has 8 heteroatoms. The third-order valence-corrected chi connectivity index (χ3v) is 1.22. The number of carboxylic acid groups (broad SMARTS) is 1. The first-order valence-corrected chi connectivity index (χ1v) is 4.17. The van der Waals surface area contributed by atoms with Crippen LogP contribution in [0, 0.1) is 0 Å². The zero-order valence-electron chi connectivity index (χ0n) is 5.98. The Balaban J connectivity index is 0. The van der Waals surface area contributed by atoms with Gasteiger partial charge in [-0.25, -0.2) is 0 Å². The number of aliphatic carboxylic acids is 1. The van der Waals surface area contributed by atoms with E-state index >= 15 is 0 Å². The molecule has 0 aromatic rings. The molecular formula is C3H11N2O5P. The highest BCUT2D eigenvalue weighted by Gasteiger charge is 2.10. The van der Waals surface area contributed by atoms with E-state index in [1.807, 2.05) is 5.32 Å². The Morgan fingerprint density at radius 2 is 2.00 bits per heavy atom. The SMILES string of the molecule is O=C([O-])CNCP(=O)(O)O.[NH4+]. The highest BCUT2D eigenvalue weighted by Crippen LogP contribution is 2.31. The van der Waals surface area contributed by atoms with Gasteiger partial charge in [-0.1, -0.05) is 0 Å². The molecule has 0 aliphatic rings. The van der Waals surface area contributed by atoms with Gasteiger partial charge in [0.05, 0.1) is 12.3 Å². The second kappa shape index (κ2) is 5.22. The van der Waals surface area contributed by atoms with Crippen LogP contribution in [-0.4, -0.2) is 28.6 Å². The molecule has 0 spiro atoms. The summed E-state index contributed by atoms with van der Waals surface area (Å²) in [5.74, 6) is -1.39. The summed E-state index contributed by atoms with van der Waals surface area (Å²) in [5, 5.41) is 11.7. The predicted octanol–water partition coefficient (Wildman–Crippen LogP) is -2.16. The summed E-state index contributed by atoms with van der Waals surface area (Å²) in [7, 11) is -4.12. The number of carbonyl (C=O) groups is 1. The summed E-state index contributed by atoms with van der Waals surface area (Å²) < 4.78 is 10.0. The van der Waals surface area contributed by atoms with Crippen LogP contribution < -0.4 is 16.6 Å². The fourth-order valence-electron chi connectivity index (χ4n) is 0.304. The lowest BCUT2D eigenvalue weighted by molar-refractivity contribution is -0.303. The van der Waals surface area contributed by atoms with Crippen molar-refractivity contribution in [3.05, 3.63) is 0 Å². The largest absolute Gasteiger partial charge is 0.549 e. The maximum absolute atomic E-state index is 10.0. The van der Waals surface area contributed by atoms with Crippen molar-refractivity contribution in [2.45, 2.75) is 0 Å². The van der Waals surface area contributed by atoms with Gasteiger partial charge in [-0.3, -0.25) is 4.57 Å². The molecule has 0 aromatic heterocycles. The minimum atomic E-state index is -4.12. The number of carboxylic acids is 1. The molecule has 0 radical (unpaired) electrons. The summed E-state index contributed by atoms with van der Waals surface area (Å²) in [4.78, 5) is 26.0. The first kappa shape index (κ1) is 13.2. The third kappa shape index (κ3) is 12.7. The van der Waals surface area contributed by atoms with Crippen LogP contribution in [0.1, 0.15) is 0 Å². The van der Waals surface area contributed by atoms with Gasteiger partial charge in [0.15, 0.2) is 0 Å². The molecule has 0 amide bonds. The van der Waals surface area contributed by atoms with E-state index in [1.54, 1.807) is 0 Å². The van der Waals surface area contributed by atoms with Crippen LogP contribution in [0.2, 0.25) is 0 Å². The summed E-state index contributed by atoms with van der Waals surface area (Å²) >= 11 is 0. The monoisotopic (exact) mass is 186 g/mol. The van der Waals surface area contributed by atoms with Gasteiger partial charge in [-0.15, -0.1) is 0 Å². The van der Waals surface area contributed by atoms with E-state index in [9.17, 15) is 14.5 Å². The Morgan fingerprint density at radius 3 is 2.27 bits per heavy atom. The third-order valence-electron chi connectivity index (χ3n) is 0.587. The van der Waals surface area contributed by atoms with Gasteiger partial charge in [0.1, 0.15) is 0 Å². The fourth-order valence-corrected chi connectivity index (χ4v) is 0.707. The zero-order valence-corrected chi connectivity index (χ0v) is 6.88. The molecule has 0 aliphatic carbocycles. The number of nitrogens with one attached hydrogen (secondary N) is 1. The molecule has 0 fully saturated rings. The van der Waals surface area contributed by atoms with Crippen LogP contribution >= 0.6 is 7.60 Å². The molecule has 0 saturated carbocycles. The van der Waals surface area contributed by atoms with Crippen molar-refractivity contribution in [3.63, 3.8) is 0 Å². The van der Waals surface area contributed by atoms with E-state index in [1.165, 1.54) is 0 Å². The van der Waals surface area contributed by atoms with Crippen LogP contribution in [-0.2, 0) is 9.36 Å². The van der Waals surface area contributed by atoms with E-state index in [-0.39, 0.29) is 6.15 Å². The Bertz CT molecular complexity index is 165. The fraction of sp³-hybridized carbons (Fsp3) is 0.667. The molecule has 0 unspecified atom stereocenters. The summed E-state index contributed by atoms with van der Waals surface area (Å²) in [6.45, 7) is -0.550. The maximum atomic E-state index is 10.0. The van der Waals surface area contributed by atoms with Gasteiger partial charge in [0.2, 0.25) is 0 Å². The molecule has 0 aliphatic heterocycles. The average Bonchev–Trinajstić information content (AvgIpc) is 1.59. The first-order chi connectivity index (χ1) is 4.42. The standard InChI is InChI=1S/C3H8NO5P.H3N/c5-3(6)1-4-2-10(7,8)9;/h4H,1-2H2,(H,5,6)(H2,7,8,9);1H3. The normalized spacial score (nSPS) is 10.4. The van der Waals surface area contributed by atoms with Crippen LogP contribution in [0.25, 0.3) is 0 Å². The summed E-state index contributed by atoms with van der Waals surface area (Å²) in [6.07, 6.45) is -0.638. The molecule has 0 rings (SSSR count). The van der Waals surface area contributed by atoms with Gasteiger partial charge in [0.25, 0.3) is 0 Å². The van der Waals surface area contributed by atoms with Crippen molar-refractivity contribution in [3.8, 4) is 0 Å². The van der Waals surface area contributed by atoms with Gasteiger partial charge >= 0.3 is 7.60 Å². The van der Waals surface area contributed by atoms with Gasteiger partial charge in [-0.2, -0.15) is 0 Å². The quantitative estimate of drug-likeness (QED) is 0.367. The lowest BCUT2D eigenvalue weighted by Gasteiger charge is -2.05. The van der Waals surface area contributed by atoms with Crippen molar-refractivity contribution in [1.29, 1.82) is 0 Å². The smallest absolute Gasteiger partial charge is 0.339 e. The van der Waals surface area contributed by atoms with Crippen LogP contribution in [0.15, 0.2) is 0 Å². The number of rotatable bonds is 4. The van der Waals surface area contributed by atoms with Crippen LogP contribution in [0.4, 0.5) is 0 Å². The number of quaternary nitrogens is 1. The second-order valence-electron chi connectivity index (χ2n) is 1.62. The van der Waals surface area contributed by atoms with Crippen molar-refractivity contribution >= 4 is 13.6 Å². The van der Waals surface area contributed by atoms with Crippen LogP contribution in [0.3, 0.4) is 0 Å². The lowest BCUT2D eigenvalue weighted by Crippen LogP contribution is -2.34. The lowest BCUT2D eigenvalue weighted by atomic mass is 10.7. The average molecular weight is 186 g/mol. The Labute approximate surface area is 63.2 Å². The predicted molar refractivity (Wildman–Crippen MR) is 35.9 cm³/mol. The second-order valence-corrected chi connectivity index (χ2v) is 3.27. The van der Waals surface area contributed by atoms with Crippen molar-refractivity contribution in [2.24, 2.45) is 0 Å². The van der Waals surface area contributed by atoms with Gasteiger partial charge in [-0.05, 0) is 0 Å². The first-order valence-electron chi connectivity index (χ1n) is 2.37. The van der Waals surface area contributed by atoms with E-state index in [0.717, 1.165) is 0 Å². The van der Waals surface area contributed by atoms with Crippen molar-refractivity contribution < 1.29 is 24.3 Å². The zero-order chi connectivity index (χ0) is 8.20. The maximum Gasteiger partial charge on any atom is 0.339 e. The molecule has 7 nitrogen and oxygen atoms in total. The van der Waals surface area contributed by atoms with Crippen molar-refractivity contribution in [1.82, 2.24) is 11.5 Å². The van der Waals surface area contributed by atoms with E-state index in [2.05, 4.69) is 0 Å². The molecule has 0 aromatic carbocycles. The molecule has 68 valence electrons. The minimum Gasteiger partial charge on any atom is -0.549 e. The highest BCUT2D eigenvalue weighted by molar-refractivity contribution is 7.51. The molecule has 11 heavy (non-hydrogen) atoms. The van der Waals surface area contributed by atoms with Gasteiger partial charge < -0.3 is 31.2 Å². The summed E-state index contributed by atoms with van der Waals surface area (Å²) in [5.41, 5.74) is 0. The van der Waals surface area contributed by atoms with Crippen LogP contribution in [0.5, 0.6) is 0 Å². The molecule has 0 saturated heterocycles. The summed E-state index contributed by atoms with van der Waals surface area (Å²) in [6, 6.07) is 0. The molecule has 0 bridgehead atoms. The Hall–Kier alpha value is -0.460. The Kier molecular flexibility index (Phi) is 6.25. The molecule has 0 atom stereocenters. The number of carbonyl (C=O) groups excluding carboxylic acids is 1. The van der Waals surface area contributed by atoms with Gasteiger partial charge in [0, 0.05) is 6.54 Å². The molecule has 7 N–H and O–H groups in total. The minimum absolute atomic E-state index is 0.